The largest absolute Gasteiger partial charge is 0.381 e. The van der Waals surface area contributed by atoms with Gasteiger partial charge in [0.05, 0.1) is 6.10 Å². The van der Waals surface area contributed by atoms with Gasteiger partial charge in [-0.3, -0.25) is 4.79 Å². The van der Waals surface area contributed by atoms with Crippen molar-refractivity contribution in [2.24, 2.45) is 0 Å². The SMILES string of the molecule is C=C(CC)CC(=O)CC(C)OC. The molecule has 0 amide bonds. The number of hydrogen-bond acceptors (Lipinski definition) is 2. The Balaban J connectivity index is 3.66. The minimum Gasteiger partial charge on any atom is -0.381 e. The van der Waals surface area contributed by atoms with Gasteiger partial charge >= 0.3 is 0 Å². The maximum absolute atomic E-state index is 11.2. The van der Waals surface area contributed by atoms with Gasteiger partial charge in [-0.15, -0.1) is 0 Å². The first kappa shape index (κ1) is 11.4. The average molecular weight is 170 g/mol. The van der Waals surface area contributed by atoms with Crippen molar-refractivity contribution in [3.63, 3.8) is 0 Å². The van der Waals surface area contributed by atoms with Crippen LogP contribution in [0.5, 0.6) is 0 Å². The summed E-state index contributed by atoms with van der Waals surface area (Å²) in [6, 6.07) is 0. The molecule has 2 nitrogen and oxygen atoms in total. The Morgan fingerprint density at radius 2 is 2.17 bits per heavy atom. The van der Waals surface area contributed by atoms with Gasteiger partial charge in [0, 0.05) is 20.0 Å². The van der Waals surface area contributed by atoms with Crippen LogP contribution in [0.15, 0.2) is 12.2 Å². The molecule has 12 heavy (non-hydrogen) atoms. The Bertz CT molecular complexity index is 161. The van der Waals surface area contributed by atoms with Crippen LogP contribution in [0, 0.1) is 0 Å². The monoisotopic (exact) mass is 170 g/mol. The van der Waals surface area contributed by atoms with Crippen molar-refractivity contribution in [2.45, 2.75) is 39.2 Å². The molecular formula is C10H18O2. The fourth-order valence-corrected chi connectivity index (χ4v) is 0.880. The molecule has 0 heterocycles. The highest BCUT2D eigenvalue weighted by molar-refractivity contribution is 5.81. The molecular weight excluding hydrogens is 152 g/mol. The lowest BCUT2D eigenvalue weighted by molar-refractivity contribution is -0.120. The van der Waals surface area contributed by atoms with Crippen LogP contribution >= 0.6 is 0 Å². The number of Topliss-reactive ketones (excluding diaryl/α,β-unsaturated/α-hetero) is 1. The van der Waals surface area contributed by atoms with E-state index in [2.05, 4.69) is 6.58 Å². The number of hydrogen-bond donors (Lipinski definition) is 0. The minimum atomic E-state index is 0.0298. The van der Waals surface area contributed by atoms with Gasteiger partial charge in [0.15, 0.2) is 0 Å². The molecule has 0 radical (unpaired) electrons. The molecule has 1 unspecified atom stereocenters. The minimum absolute atomic E-state index is 0.0298. The molecule has 0 saturated heterocycles. The van der Waals surface area contributed by atoms with Crippen molar-refractivity contribution in [3.05, 3.63) is 12.2 Å². The van der Waals surface area contributed by atoms with Crippen LogP contribution in [0.3, 0.4) is 0 Å². The molecule has 0 aromatic rings. The molecule has 70 valence electrons. The summed E-state index contributed by atoms with van der Waals surface area (Å²) < 4.78 is 4.99. The van der Waals surface area contributed by atoms with Gasteiger partial charge in [0.1, 0.15) is 5.78 Å². The molecule has 0 bridgehead atoms. The Hall–Kier alpha value is -0.630. The third kappa shape index (κ3) is 5.08. The smallest absolute Gasteiger partial charge is 0.139 e. The van der Waals surface area contributed by atoms with E-state index in [1.54, 1.807) is 7.11 Å². The van der Waals surface area contributed by atoms with Crippen molar-refractivity contribution in [3.8, 4) is 0 Å². The molecule has 2 heteroatoms. The zero-order valence-electron chi connectivity index (χ0n) is 8.22. The van der Waals surface area contributed by atoms with Gasteiger partial charge in [-0.2, -0.15) is 0 Å². The van der Waals surface area contributed by atoms with Gasteiger partial charge in [-0.1, -0.05) is 19.1 Å². The van der Waals surface area contributed by atoms with E-state index >= 15 is 0 Å². The summed E-state index contributed by atoms with van der Waals surface area (Å²) in [4.78, 5) is 11.2. The highest BCUT2D eigenvalue weighted by atomic mass is 16.5. The second kappa shape index (κ2) is 5.95. The summed E-state index contributed by atoms with van der Waals surface area (Å²) in [6.45, 7) is 7.69. The lowest BCUT2D eigenvalue weighted by Gasteiger charge is -2.08. The molecule has 0 N–H and O–H groups in total. The quantitative estimate of drug-likeness (QED) is 0.572. The number of carbonyl (C=O) groups is 1. The van der Waals surface area contributed by atoms with Gasteiger partial charge in [-0.05, 0) is 13.3 Å². The topological polar surface area (TPSA) is 26.3 Å². The first-order valence-electron chi connectivity index (χ1n) is 4.31. The molecule has 0 rings (SSSR count). The second-order valence-electron chi connectivity index (χ2n) is 3.07. The predicted molar refractivity (Wildman–Crippen MR) is 50.1 cm³/mol. The Morgan fingerprint density at radius 3 is 2.58 bits per heavy atom. The summed E-state index contributed by atoms with van der Waals surface area (Å²) in [6.07, 6.45) is 1.91. The number of ether oxygens (including phenoxy) is 1. The summed E-state index contributed by atoms with van der Waals surface area (Å²) >= 11 is 0. The van der Waals surface area contributed by atoms with Crippen molar-refractivity contribution in [2.75, 3.05) is 7.11 Å². The fraction of sp³-hybridized carbons (Fsp3) is 0.700. The zero-order valence-corrected chi connectivity index (χ0v) is 8.22. The summed E-state index contributed by atoms with van der Waals surface area (Å²) in [5.41, 5.74) is 1.00. The lowest BCUT2D eigenvalue weighted by Crippen LogP contribution is -2.12. The number of ketones is 1. The van der Waals surface area contributed by atoms with E-state index in [1.807, 2.05) is 13.8 Å². The van der Waals surface area contributed by atoms with Crippen LogP contribution in [0.2, 0.25) is 0 Å². The number of carbonyl (C=O) groups excluding carboxylic acids is 1. The van der Waals surface area contributed by atoms with E-state index in [0.717, 1.165) is 12.0 Å². The van der Waals surface area contributed by atoms with Crippen LogP contribution < -0.4 is 0 Å². The Labute approximate surface area is 74.6 Å². The van der Waals surface area contributed by atoms with Crippen molar-refractivity contribution < 1.29 is 9.53 Å². The summed E-state index contributed by atoms with van der Waals surface area (Å²) in [7, 11) is 1.62. The number of allylic oxidation sites excluding steroid dienone is 1. The molecule has 1 atom stereocenters. The highest BCUT2D eigenvalue weighted by Crippen LogP contribution is 2.07. The molecule has 0 fully saturated rings. The van der Waals surface area contributed by atoms with Gasteiger partial charge in [0.25, 0.3) is 0 Å². The molecule has 0 aliphatic rings. The van der Waals surface area contributed by atoms with E-state index in [1.165, 1.54) is 0 Å². The van der Waals surface area contributed by atoms with Crippen LogP contribution in [-0.4, -0.2) is 19.0 Å². The zero-order chi connectivity index (χ0) is 9.56. The highest BCUT2D eigenvalue weighted by Gasteiger charge is 2.08. The van der Waals surface area contributed by atoms with Crippen LogP contribution in [-0.2, 0) is 9.53 Å². The summed E-state index contributed by atoms with van der Waals surface area (Å²) in [5.74, 6) is 0.219. The van der Waals surface area contributed by atoms with Crippen LogP contribution in [0.4, 0.5) is 0 Å². The maximum Gasteiger partial charge on any atom is 0.139 e. The van der Waals surface area contributed by atoms with Gasteiger partial charge < -0.3 is 4.74 Å². The normalized spacial score (nSPS) is 12.6. The summed E-state index contributed by atoms with van der Waals surface area (Å²) in [5, 5.41) is 0. The lowest BCUT2D eigenvalue weighted by atomic mass is 10.1. The maximum atomic E-state index is 11.2. The molecule has 0 saturated carbocycles. The first-order valence-corrected chi connectivity index (χ1v) is 4.31. The van der Waals surface area contributed by atoms with Crippen molar-refractivity contribution >= 4 is 5.78 Å². The Kier molecular flexibility index (Phi) is 5.64. The predicted octanol–water partition coefficient (Wildman–Crippen LogP) is 2.34. The van der Waals surface area contributed by atoms with Gasteiger partial charge in [-0.25, -0.2) is 0 Å². The van der Waals surface area contributed by atoms with Crippen LogP contribution in [0.1, 0.15) is 33.1 Å². The Morgan fingerprint density at radius 1 is 1.58 bits per heavy atom. The fourth-order valence-electron chi connectivity index (χ4n) is 0.880. The third-order valence-corrected chi connectivity index (χ3v) is 1.86. The first-order chi connectivity index (χ1) is 5.60. The van der Waals surface area contributed by atoms with Gasteiger partial charge in [0.2, 0.25) is 0 Å². The van der Waals surface area contributed by atoms with Crippen LogP contribution in [0.25, 0.3) is 0 Å². The van der Waals surface area contributed by atoms with Crippen molar-refractivity contribution in [1.82, 2.24) is 0 Å². The van der Waals surface area contributed by atoms with E-state index in [0.29, 0.717) is 12.8 Å². The molecule has 0 aromatic carbocycles. The van der Waals surface area contributed by atoms with E-state index < -0.39 is 0 Å². The third-order valence-electron chi connectivity index (χ3n) is 1.86. The average Bonchev–Trinajstić information content (AvgIpc) is 2.03. The van der Waals surface area contributed by atoms with E-state index in [4.69, 9.17) is 4.74 Å². The number of rotatable bonds is 6. The van der Waals surface area contributed by atoms with E-state index in [9.17, 15) is 4.79 Å². The standard InChI is InChI=1S/C10H18O2/c1-5-8(2)6-10(11)7-9(3)12-4/h9H,2,5-7H2,1,3-4H3. The molecule has 0 aliphatic carbocycles. The van der Waals surface area contributed by atoms with Crippen molar-refractivity contribution in [1.29, 1.82) is 0 Å². The molecule has 0 aromatic heterocycles. The molecule has 0 spiro atoms. The molecule has 0 aliphatic heterocycles. The van der Waals surface area contributed by atoms with E-state index in [-0.39, 0.29) is 11.9 Å². The number of methoxy groups -OCH3 is 1. The second-order valence-corrected chi connectivity index (χ2v) is 3.07.